The highest BCUT2D eigenvalue weighted by molar-refractivity contribution is 7.89. The zero-order valence-corrected chi connectivity index (χ0v) is 12.1. The molecule has 9 heteroatoms. The number of hydrogen-bond donors (Lipinski definition) is 1. The molecule has 1 N–H and O–H groups in total. The summed E-state index contributed by atoms with van der Waals surface area (Å²) in [5, 5.41) is 10.6. The van der Waals surface area contributed by atoms with Crippen LogP contribution in [0.5, 0.6) is 0 Å². The van der Waals surface area contributed by atoms with Gasteiger partial charge in [0.1, 0.15) is 4.90 Å². The van der Waals surface area contributed by atoms with Crippen LogP contribution in [0.2, 0.25) is 5.02 Å². The van der Waals surface area contributed by atoms with Gasteiger partial charge in [-0.1, -0.05) is 11.6 Å². The second-order valence-electron chi connectivity index (χ2n) is 4.05. The van der Waals surface area contributed by atoms with E-state index in [9.17, 15) is 18.5 Å². The van der Waals surface area contributed by atoms with Gasteiger partial charge in [-0.3, -0.25) is 15.1 Å². The topological polar surface area (TPSA) is 102 Å². The van der Waals surface area contributed by atoms with Crippen molar-refractivity contribution in [2.45, 2.75) is 11.4 Å². The largest absolute Gasteiger partial charge is 0.270 e. The maximum absolute atomic E-state index is 12.2. The summed E-state index contributed by atoms with van der Waals surface area (Å²) in [5.41, 5.74) is 0.360. The predicted molar refractivity (Wildman–Crippen MR) is 76.4 cm³/mol. The molecule has 0 radical (unpaired) electrons. The Morgan fingerprint density at radius 3 is 2.52 bits per heavy atom. The number of hydrogen-bond acceptors (Lipinski definition) is 5. The number of sulfonamides is 1. The van der Waals surface area contributed by atoms with Crippen LogP contribution in [-0.2, 0) is 16.6 Å². The van der Waals surface area contributed by atoms with Gasteiger partial charge in [0.25, 0.3) is 5.69 Å². The van der Waals surface area contributed by atoms with Crippen LogP contribution in [-0.4, -0.2) is 18.3 Å². The molecular weight excluding hydrogens is 318 g/mol. The van der Waals surface area contributed by atoms with Crippen molar-refractivity contribution < 1.29 is 13.3 Å². The minimum Gasteiger partial charge on any atom is -0.265 e. The molecule has 0 unspecified atom stereocenters. The van der Waals surface area contributed by atoms with Crippen LogP contribution in [0.3, 0.4) is 0 Å². The van der Waals surface area contributed by atoms with Crippen LogP contribution < -0.4 is 4.72 Å². The maximum atomic E-state index is 12.2. The summed E-state index contributed by atoms with van der Waals surface area (Å²) in [7, 11) is -3.95. The number of nitro benzene ring substituents is 1. The lowest BCUT2D eigenvalue weighted by Crippen LogP contribution is -2.23. The van der Waals surface area contributed by atoms with Crippen molar-refractivity contribution in [3.05, 3.63) is 63.4 Å². The average molecular weight is 328 g/mol. The van der Waals surface area contributed by atoms with E-state index in [2.05, 4.69) is 9.71 Å². The van der Waals surface area contributed by atoms with Crippen LogP contribution in [0.4, 0.5) is 5.69 Å². The number of nitrogens with one attached hydrogen (secondary N) is 1. The Kier molecular flexibility index (Phi) is 4.51. The van der Waals surface area contributed by atoms with Crippen molar-refractivity contribution in [2.75, 3.05) is 0 Å². The Morgan fingerprint density at radius 2 is 1.90 bits per heavy atom. The number of pyridine rings is 1. The van der Waals surface area contributed by atoms with Crippen LogP contribution in [0.1, 0.15) is 5.56 Å². The van der Waals surface area contributed by atoms with E-state index < -0.39 is 14.9 Å². The second-order valence-corrected chi connectivity index (χ2v) is 6.19. The highest BCUT2D eigenvalue weighted by Gasteiger charge is 2.21. The molecule has 0 amide bonds. The quantitative estimate of drug-likeness (QED) is 0.669. The molecule has 21 heavy (non-hydrogen) atoms. The summed E-state index contributed by atoms with van der Waals surface area (Å²) in [6, 6.07) is 6.55. The van der Waals surface area contributed by atoms with Crippen molar-refractivity contribution in [3.8, 4) is 0 Å². The molecule has 7 nitrogen and oxygen atoms in total. The van der Waals surface area contributed by atoms with E-state index in [1.54, 1.807) is 12.1 Å². The third-order valence-electron chi connectivity index (χ3n) is 2.63. The molecule has 0 saturated heterocycles. The number of nitrogens with zero attached hydrogens (tertiary/aromatic N) is 2. The van der Waals surface area contributed by atoms with Gasteiger partial charge in [0.05, 0.1) is 9.95 Å². The summed E-state index contributed by atoms with van der Waals surface area (Å²) >= 11 is 5.82. The van der Waals surface area contributed by atoms with E-state index in [4.69, 9.17) is 11.6 Å². The van der Waals surface area contributed by atoms with Crippen LogP contribution in [0, 0.1) is 10.1 Å². The monoisotopic (exact) mass is 327 g/mol. The summed E-state index contributed by atoms with van der Waals surface area (Å²) in [5.74, 6) is 0. The molecule has 0 saturated carbocycles. The maximum Gasteiger partial charge on any atom is 0.270 e. The number of rotatable bonds is 5. The third-order valence-corrected chi connectivity index (χ3v) is 4.51. The van der Waals surface area contributed by atoms with E-state index in [1.165, 1.54) is 18.5 Å². The minimum absolute atomic E-state index is 0.0316. The van der Waals surface area contributed by atoms with Gasteiger partial charge >= 0.3 is 0 Å². The van der Waals surface area contributed by atoms with Gasteiger partial charge in [0.15, 0.2) is 0 Å². The number of halogens is 1. The number of benzene rings is 1. The zero-order valence-electron chi connectivity index (χ0n) is 10.6. The first-order valence-corrected chi connectivity index (χ1v) is 7.59. The predicted octanol–water partition coefficient (Wildman–Crippen LogP) is 2.12. The number of non-ortho nitro benzene ring substituents is 1. The molecular formula is C12H10ClN3O4S. The van der Waals surface area contributed by atoms with Gasteiger partial charge in [-0.25, -0.2) is 13.1 Å². The summed E-state index contributed by atoms with van der Waals surface area (Å²) in [6.07, 6.45) is 3.06. The highest BCUT2D eigenvalue weighted by atomic mass is 35.5. The third kappa shape index (κ3) is 3.75. The number of nitro groups is 1. The van der Waals surface area contributed by atoms with Crippen LogP contribution in [0.25, 0.3) is 0 Å². The smallest absolute Gasteiger partial charge is 0.265 e. The fraction of sp³-hybridized carbons (Fsp3) is 0.0833. The fourth-order valence-electron chi connectivity index (χ4n) is 1.57. The molecule has 0 spiro atoms. The van der Waals surface area contributed by atoms with E-state index in [-0.39, 0.29) is 22.2 Å². The van der Waals surface area contributed by atoms with E-state index in [0.29, 0.717) is 5.56 Å². The average Bonchev–Trinajstić information content (AvgIpc) is 2.46. The van der Waals surface area contributed by atoms with E-state index in [0.717, 1.165) is 12.1 Å². The van der Waals surface area contributed by atoms with Crippen molar-refractivity contribution in [1.29, 1.82) is 0 Å². The normalized spacial score (nSPS) is 11.3. The molecule has 0 aliphatic rings. The van der Waals surface area contributed by atoms with Crippen LogP contribution >= 0.6 is 11.6 Å². The first-order chi connectivity index (χ1) is 9.90. The molecule has 110 valence electrons. The lowest BCUT2D eigenvalue weighted by molar-refractivity contribution is -0.385. The summed E-state index contributed by atoms with van der Waals surface area (Å²) in [6.45, 7) is 0.0316. The molecule has 0 atom stereocenters. The van der Waals surface area contributed by atoms with Crippen molar-refractivity contribution in [1.82, 2.24) is 9.71 Å². The Morgan fingerprint density at radius 1 is 1.24 bits per heavy atom. The van der Waals surface area contributed by atoms with Crippen molar-refractivity contribution in [3.63, 3.8) is 0 Å². The highest BCUT2D eigenvalue weighted by Crippen LogP contribution is 2.26. The summed E-state index contributed by atoms with van der Waals surface area (Å²) < 4.78 is 26.7. The van der Waals surface area contributed by atoms with Gasteiger partial charge in [-0.05, 0) is 23.8 Å². The Bertz CT molecular complexity index is 765. The van der Waals surface area contributed by atoms with Gasteiger partial charge in [0, 0.05) is 31.1 Å². The lowest BCUT2D eigenvalue weighted by atomic mass is 10.3. The van der Waals surface area contributed by atoms with Crippen molar-refractivity contribution in [2.24, 2.45) is 0 Å². The van der Waals surface area contributed by atoms with E-state index in [1.807, 2.05) is 0 Å². The van der Waals surface area contributed by atoms with Crippen LogP contribution in [0.15, 0.2) is 47.6 Å². The van der Waals surface area contributed by atoms with Crippen molar-refractivity contribution >= 4 is 27.3 Å². The lowest BCUT2D eigenvalue weighted by Gasteiger charge is -2.08. The Labute approximate surface area is 125 Å². The molecule has 2 rings (SSSR count). The molecule has 0 aliphatic carbocycles. The summed E-state index contributed by atoms with van der Waals surface area (Å²) in [4.78, 5) is 13.5. The first kappa shape index (κ1) is 15.4. The Balaban J connectivity index is 2.27. The standard InChI is InChI=1S/C12H10ClN3O4S/c13-11-2-1-10(16(17)18)7-12(11)21(19,20)15-8-9-3-5-14-6-4-9/h1-7,15H,8H2. The molecule has 0 fully saturated rings. The number of aromatic nitrogens is 1. The first-order valence-electron chi connectivity index (χ1n) is 5.72. The Hall–Kier alpha value is -2.03. The van der Waals surface area contributed by atoms with Gasteiger partial charge < -0.3 is 0 Å². The fourth-order valence-corrected chi connectivity index (χ4v) is 3.10. The molecule has 0 bridgehead atoms. The van der Waals surface area contributed by atoms with Gasteiger partial charge in [-0.15, -0.1) is 0 Å². The molecule has 1 aromatic heterocycles. The zero-order chi connectivity index (χ0) is 15.5. The molecule has 0 aliphatic heterocycles. The SMILES string of the molecule is O=[N+]([O-])c1ccc(Cl)c(S(=O)(=O)NCc2ccncc2)c1. The van der Waals surface area contributed by atoms with Gasteiger partial charge in [0.2, 0.25) is 10.0 Å². The van der Waals surface area contributed by atoms with E-state index >= 15 is 0 Å². The van der Waals surface area contributed by atoms with Gasteiger partial charge in [-0.2, -0.15) is 0 Å². The molecule has 1 heterocycles. The molecule has 1 aromatic carbocycles. The second kappa shape index (κ2) is 6.17. The molecule has 2 aromatic rings. The minimum atomic E-state index is -3.95.